The highest BCUT2D eigenvalue weighted by molar-refractivity contribution is 7.98. The molecule has 1 fully saturated rings. The number of anilines is 1. The van der Waals surface area contributed by atoms with E-state index >= 15 is 0 Å². The number of thioether (sulfide) groups is 1. The predicted molar refractivity (Wildman–Crippen MR) is 78.5 cm³/mol. The SMILES string of the molecule is CSCC(C)(O)CNC(=O)c1cc(N)cn1C1CC1. The monoisotopic (exact) mass is 283 g/mol. The molecule has 19 heavy (non-hydrogen) atoms. The number of nitrogens with one attached hydrogen (secondary N) is 1. The Hall–Kier alpha value is -1.14. The van der Waals surface area contributed by atoms with Crippen LogP contribution in [0.4, 0.5) is 5.69 Å². The van der Waals surface area contributed by atoms with Crippen LogP contribution in [-0.2, 0) is 0 Å². The molecule has 1 aromatic heterocycles. The van der Waals surface area contributed by atoms with Crippen LogP contribution in [0, 0.1) is 0 Å². The highest BCUT2D eigenvalue weighted by Gasteiger charge is 2.28. The van der Waals surface area contributed by atoms with Crippen molar-refractivity contribution >= 4 is 23.4 Å². The molecule has 0 saturated heterocycles. The van der Waals surface area contributed by atoms with Gasteiger partial charge in [-0.1, -0.05) is 0 Å². The summed E-state index contributed by atoms with van der Waals surface area (Å²) in [5, 5.41) is 12.8. The van der Waals surface area contributed by atoms with Crippen molar-refractivity contribution in [3.05, 3.63) is 18.0 Å². The summed E-state index contributed by atoms with van der Waals surface area (Å²) in [6, 6.07) is 2.10. The lowest BCUT2D eigenvalue weighted by atomic mass is 10.1. The number of aromatic nitrogens is 1. The van der Waals surface area contributed by atoms with Crippen LogP contribution >= 0.6 is 11.8 Å². The molecule has 1 amide bonds. The molecule has 106 valence electrons. The summed E-state index contributed by atoms with van der Waals surface area (Å²) in [4.78, 5) is 12.2. The Labute approximate surface area is 117 Å². The average Bonchev–Trinajstić information content (AvgIpc) is 3.09. The first-order valence-corrected chi connectivity index (χ1v) is 7.79. The van der Waals surface area contributed by atoms with Gasteiger partial charge < -0.3 is 20.7 Å². The maximum absolute atomic E-state index is 12.2. The molecule has 1 aliphatic rings. The van der Waals surface area contributed by atoms with Gasteiger partial charge in [0.2, 0.25) is 0 Å². The Morgan fingerprint density at radius 3 is 2.95 bits per heavy atom. The van der Waals surface area contributed by atoms with Crippen molar-refractivity contribution < 1.29 is 9.90 Å². The number of carbonyl (C=O) groups is 1. The minimum Gasteiger partial charge on any atom is -0.397 e. The number of nitrogen functional groups attached to an aromatic ring is 1. The van der Waals surface area contributed by atoms with Crippen molar-refractivity contribution in [1.29, 1.82) is 0 Å². The molecule has 5 nitrogen and oxygen atoms in total. The molecule has 6 heteroatoms. The molecule has 0 spiro atoms. The van der Waals surface area contributed by atoms with Gasteiger partial charge in [-0.2, -0.15) is 11.8 Å². The van der Waals surface area contributed by atoms with Gasteiger partial charge in [0.25, 0.3) is 5.91 Å². The smallest absolute Gasteiger partial charge is 0.268 e. The van der Waals surface area contributed by atoms with Gasteiger partial charge in [-0.15, -0.1) is 0 Å². The Morgan fingerprint density at radius 1 is 1.68 bits per heavy atom. The number of aliphatic hydroxyl groups is 1. The minimum atomic E-state index is -0.891. The molecule has 0 radical (unpaired) electrons. The quantitative estimate of drug-likeness (QED) is 0.734. The maximum atomic E-state index is 12.2. The molecule has 1 atom stereocenters. The summed E-state index contributed by atoms with van der Waals surface area (Å²) in [5.74, 6) is 0.406. The van der Waals surface area contributed by atoms with Gasteiger partial charge in [-0.05, 0) is 32.1 Å². The van der Waals surface area contributed by atoms with Crippen LogP contribution < -0.4 is 11.1 Å². The van der Waals surface area contributed by atoms with Gasteiger partial charge in [-0.3, -0.25) is 4.79 Å². The summed E-state index contributed by atoms with van der Waals surface area (Å²) < 4.78 is 1.94. The van der Waals surface area contributed by atoms with Crippen molar-refractivity contribution in [1.82, 2.24) is 9.88 Å². The van der Waals surface area contributed by atoms with E-state index in [0.29, 0.717) is 23.2 Å². The summed E-state index contributed by atoms with van der Waals surface area (Å²) in [5.41, 5.74) is 6.06. The highest BCUT2D eigenvalue weighted by atomic mass is 32.2. The Bertz CT molecular complexity index is 466. The second kappa shape index (κ2) is 5.46. The molecule has 1 aromatic rings. The first-order valence-electron chi connectivity index (χ1n) is 6.40. The molecule has 1 aliphatic carbocycles. The third kappa shape index (κ3) is 3.67. The van der Waals surface area contributed by atoms with E-state index in [-0.39, 0.29) is 12.5 Å². The van der Waals surface area contributed by atoms with E-state index in [1.807, 2.05) is 17.0 Å². The van der Waals surface area contributed by atoms with Crippen LogP contribution in [0.5, 0.6) is 0 Å². The molecule has 1 heterocycles. The van der Waals surface area contributed by atoms with Crippen LogP contribution in [-0.4, -0.2) is 39.7 Å². The molecular weight excluding hydrogens is 262 g/mol. The summed E-state index contributed by atoms with van der Waals surface area (Å²) in [6.07, 6.45) is 5.93. The van der Waals surface area contributed by atoms with Crippen molar-refractivity contribution in [2.45, 2.75) is 31.4 Å². The van der Waals surface area contributed by atoms with Crippen molar-refractivity contribution in [3.63, 3.8) is 0 Å². The molecule has 0 aromatic carbocycles. The van der Waals surface area contributed by atoms with E-state index in [1.165, 1.54) is 0 Å². The molecule has 4 N–H and O–H groups in total. The van der Waals surface area contributed by atoms with Crippen LogP contribution in [0.15, 0.2) is 12.3 Å². The number of carbonyl (C=O) groups excluding carboxylic acids is 1. The van der Waals surface area contributed by atoms with E-state index in [4.69, 9.17) is 5.73 Å². The Morgan fingerprint density at radius 2 is 2.37 bits per heavy atom. The topological polar surface area (TPSA) is 80.3 Å². The first kappa shape index (κ1) is 14.3. The Kier molecular flexibility index (Phi) is 4.10. The Balaban J connectivity index is 2.00. The lowest BCUT2D eigenvalue weighted by molar-refractivity contribution is 0.0720. The second-order valence-corrected chi connectivity index (χ2v) is 6.28. The number of hydrogen-bond donors (Lipinski definition) is 3. The van der Waals surface area contributed by atoms with Crippen LogP contribution in [0.3, 0.4) is 0 Å². The average molecular weight is 283 g/mol. The summed E-state index contributed by atoms with van der Waals surface area (Å²) >= 11 is 1.55. The zero-order valence-electron chi connectivity index (χ0n) is 11.3. The number of rotatable bonds is 6. The molecule has 1 unspecified atom stereocenters. The molecule has 0 aliphatic heterocycles. The fraction of sp³-hybridized carbons (Fsp3) is 0.615. The molecular formula is C13H21N3O2S. The van der Waals surface area contributed by atoms with E-state index < -0.39 is 5.60 Å². The summed E-state index contributed by atoms with van der Waals surface area (Å²) in [7, 11) is 0. The van der Waals surface area contributed by atoms with Crippen LogP contribution in [0.1, 0.15) is 36.3 Å². The van der Waals surface area contributed by atoms with E-state index in [9.17, 15) is 9.90 Å². The van der Waals surface area contributed by atoms with Gasteiger partial charge in [0, 0.05) is 24.5 Å². The number of nitrogens with two attached hydrogens (primary N) is 1. The van der Waals surface area contributed by atoms with Crippen LogP contribution in [0.25, 0.3) is 0 Å². The van der Waals surface area contributed by atoms with Crippen molar-refractivity contribution in [2.75, 3.05) is 24.3 Å². The number of nitrogens with zero attached hydrogens (tertiary/aromatic N) is 1. The third-order valence-corrected chi connectivity index (χ3v) is 4.04. The lowest BCUT2D eigenvalue weighted by Crippen LogP contribution is -2.42. The third-order valence-electron chi connectivity index (χ3n) is 3.13. The van der Waals surface area contributed by atoms with Gasteiger partial charge in [0.15, 0.2) is 0 Å². The second-order valence-electron chi connectivity index (χ2n) is 5.41. The first-order chi connectivity index (χ1) is 8.93. The van der Waals surface area contributed by atoms with E-state index in [0.717, 1.165) is 12.8 Å². The highest BCUT2D eigenvalue weighted by Crippen LogP contribution is 2.37. The summed E-state index contributed by atoms with van der Waals surface area (Å²) in [6.45, 7) is 1.96. The number of amides is 1. The van der Waals surface area contributed by atoms with Crippen molar-refractivity contribution in [2.24, 2.45) is 0 Å². The standard InChI is InChI=1S/C13H21N3O2S/c1-13(18,8-19-2)7-15-12(17)11-5-9(14)6-16(11)10-3-4-10/h5-6,10,18H,3-4,7-8,14H2,1-2H3,(H,15,17). The van der Waals surface area contributed by atoms with Gasteiger partial charge in [-0.25, -0.2) is 0 Å². The fourth-order valence-corrected chi connectivity index (χ4v) is 2.78. The molecule has 1 saturated carbocycles. The molecule has 0 bridgehead atoms. The zero-order chi connectivity index (χ0) is 14.0. The van der Waals surface area contributed by atoms with Crippen LogP contribution in [0.2, 0.25) is 0 Å². The predicted octanol–water partition coefficient (Wildman–Crippen LogP) is 1.25. The van der Waals surface area contributed by atoms with Gasteiger partial charge >= 0.3 is 0 Å². The van der Waals surface area contributed by atoms with E-state index in [1.54, 1.807) is 24.8 Å². The maximum Gasteiger partial charge on any atom is 0.268 e. The fourth-order valence-electron chi connectivity index (χ4n) is 2.06. The lowest BCUT2D eigenvalue weighted by Gasteiger charge is -2.22. The number of hydrogen-bond acceptors (Lipinski definition) is 4. The van der Waals surface area contributed by atoms with Gasteiger partial charge in [0.05, 0.1) is 11.3 Å². The van der Waals surface area contributed by atoms with E-state index in [2.05, 4.69) is 5.32 Å². The minimum absolute atomic E-state index is 0.176. The normalized spacial score (nSPS) is 18.1. The zero-order valence-corrected chi connectivity index (χ0v) is 12.2. The van der Waals surface area contributed by atoms with Crippen molar-refractivity contribution in [3.8, 4) is 0 Å². The largest absolute Gasteiger partial charge is 0.397 e. The van der Waals surface area contributed by atoms with Gasteiger partial charge in [0.1, 0.15) is 5.69 Å². The molecule has 2 rings (SSSR count).